The van der Waals surface area contributed by atoms with Gasteiger partial charge in [0.05, 0.1) is 12.8 Å². The van der Waals surface area contributed by atoms with Crippen LogP contribution in [-0.4, -0.2) is 24.6 Å². The number of nitrogens with zero attached hydrogens (tertiary/aromatic N) is 1. The van der Waals surface area contributed by atoms with Gasteiger partial charge in [-0.2, -0.15) is 5.10 Å². The van der Waals surface area contributed by atoms with Crippen LogP contribution in [0.25, 0.3) is 10.8 Å². The Labute approximate surface area is 186 Å². The van der Waals surface area contributed by atoms with Gasteiger partial charge in [-0.15, -0.1) is 0 Å². The molecule has 3 aromatic rings. The van der Waals surface area contributed by atoms with E-state index in [0.717, 1.165) is 27.6 Å². The third-order valence-electron chi connectivity index (χ3n) is 4.65. The van der Waals surface area contributed by atoms with Crippen molar-refractivity contribution in [3.63, 3.8) is 0 Å². The van der Waals surface area contributed by atoms with Crippen molar-refractivity contribution in [1.82, 2.24) is 5.43 Å². The average molecular weight is 438 g/mol. The fourth-order valence-electron chi connectivity index (χ4n) is 3.04. The minimum atomic E-state index is -0.344. The van der Waals surface area contributed by atoms with Crippen molar-refractivity contribution in [2.24, 2.45) is 5.10 Å². The Hall–Kier alpha value is -3.38. The Balaban J connectivity index is 1.54. The zero-order valence-corrected chi connectivity index (χ0v) is 18.2. The van der Waals surface area contributed by atoms with E-state index in [0.29, 0.717) is 17.3 Å². The largest absolute Gasteiger partial charge is 0.493 e. The molecule has 2 amide bonds. The van der Waals surface area contributed by atoms with Crippen molar-refractivity contribution in [3.8, 4) is 5.75 Å². The van der Waals surface area contributed by atoms with E-state index in [-0.39, 0.29) is 24.7 Å². The molecule has 0 aliphatic heterocycles. The summed E-state index contributed by atoms with van der Waals surface area (Å²) in [6.07, 6.45) is 1.65. The maximum absolute atomic E-state index is 12.1. The quantitative estimate of drug-likeness (QED) is 0.381. The number of rotatable bonds is 8. The van der Waals surface area contributed by atoms with Crippen molar-refractivity contribution < 1.29 is 14.3 Å². The van der Waals surface area contributed by atoms with E-state index in [1.165, 1.54) is 0 Å². The molecule has 3 aromatic carbocycles. The fraction of sp³-hybridized carbons (Fsp3) is 0.208. The molecule has 7 heteroatoms. The van der Waals surface area contributed by atoms with Gasteiger partial charge in [0.2, 0.25) is 11.8 Å². The van der Waals surface area contributed by atoms with Crippen LogP contribution in [0.3, 0.4) is 0 Å². The number of amides is 2. The van der Waals surface area contributed by atoms with Crippen molar-refractivity contribution >= 4 is 46.1 Å². The lowest BCUT2D eigenvalue weighted by atomic mass is 10.0. The van der Waals surface area contributed by atoms with Gasteiger partial charge < -0.3 is 10.1 Å². The van der Waals surface area contributed by atoms with Crippen LogP contribution in [0.1, 0.15) is 30.9 Å². The van der Waals surface area contributed by atoms with Gasteiger partial charge in [-0.05, 0) is 49.1 Å². The molecule has 0 heterocycles. The van der Waals surface area contributed by atoms with Gasteiger partial charge in [-0.3, -0.25) is 9.59 Å². The summed E-state index contributed by atoms with van der Waals surface area (Å²) in [4.78, 5) is 24.1. The maximum atomic E-state index is 12.1. The molecule has 0 saturated carbocycles. The average Bonchev–Trinajstić information content (AvgIpc) is 2.76. The molecule has 0 spiro atoms. The summed E-state index contributed by atoms with van der Waals surface area (Å²) in [6.45, 7) is 4.41. The summed E-state index contributed by atoms with van der Waals surface area (Å²) in [5, 5.41) is 9.29. The van der Waals surface area contributed by atoms with E-state index >= 15 is 0 Å². The van der Waals surface area contributed by atoms with Crippen LogP contribution in [0.2, 0.25) is 5.02 Å². The SMILES string of the molecule is CCOc1ccc(C=NNC(=O)CCC(=O)Nc2ccc(C)c(Cl)c2)c2ccccc12. The fourth-order valence-corrected chi connectivity index (χ4v) is 3.22. The van der Waals surface area contributed by atoms with Crippen LogP contribution in [0.5, 0.6) is 5.75 Å². The molecule has 0 fully saturated rings. The topological polar surface area (TPSA) is 79.8 Å². The van der Waals surface area contributed by atoms with Gasteiger partial charge in [-0.1, -0.05) is 41.9 Å². The van der Waals surface area contributed by atoms with Crippen LogP contribution >= 0.6 is 11.6 Å². The molecule has 0 atom stereocenters. The van der Waals surface area contributed by atoms with E-state index in [1.54, 1.807) is 18.3 Å². The van der Waals surface area contributed by atoms with Crippen LogP contribution in [0.4, 0.5) is 5.69 Å². The number of benzene rings is 3. The first-order valence-electron chi connectivity index (χ1n) is 10.0. The van der Waals surface area contributed by atoms with Gasteiger partial charge >= 0.3 is 0 Å². The molecule has 31 heavy (non-hydrogen) atoms. The summed E-state index contributed by atoms with van der Waals surface area (Å²) < 4.78 is 5.67. The van der Waals surface area contributed by atoms with Crippen molar-refractivity contribution in [1.29, 1.82) is 0 Å². The summed E-state index contributed by atoms with van der Waals surface area (Å²) in [5.74, 6) is 0.195. The van der Waals surface area contributed by atoms with Gasteiger partial charge in [-0.25, -0.2) is 5.43 Å². The van der Waals surface area contributed by atoms with E-state index in [4.69, 9.17) is 16.3 Å². The maximum Gasteiger partial charge on any atom is 0.240 e. The molecule has 0 unspecified atom stereocenters. The highest BCUT2D eigenvalue weighted by atomic mass is 35.5. The van der Waals surface area contributed by atoms with E-state index in [1.807, 2.05) is 56.3 Å². The molecule has 3 rings (SSSR count). The van der Waals surface area contributed by atoms with Crippen molar-refractivity contribution in [2.45, 2.75) is 26.7 Å². The highest BCUT2D eigenvalue weighted by Gasteiger charge is 2.08. The Kier molecular flexibility index (Phi) is 7.62. The van der Waals surface area contributed by atoms with Crippen LogP contribution in [0, 0.1) is 6.92 Å². The lowest BCUT2D eigenvalue weighted by Gasteiger charge is -2.09. The monoisotopic (exact) mass is 437 g/mol. The predicted octanol–water partition coefficient (Wildman–Crippen LogP) is 5.07. The molecular weight excluding hydrogens is 414 g/mol. The van der Waals surface area contributed by atoms with E-state index in [2.05, 4.69) is 15.8 Å². The first-order chi connectivity index (χ1) is 15.0. The van der Waals surface area contributed by atoms with Gasteiger partial charge in [0.25, 0.3) is 0 Å². The number of nitrogens with one attached hydrogen (secondary N) is 2. The number of hydrazone groups is 1. The lowest BCUT2D eigenvalue weighted by molar-refractivity contribution is -0.124. The number of hydrogen-bond acceptors (Lipinski definition) is 4. The molecule has 160 valence electrons. The summed E-state index contributed by atoms with van der Waals surface area (Å²) in [7, 11) is 0. The summed E-state index contributed by atoms with van der Waals surface area (Å²) >= 11 is 6.05. The molecule has 6 nitrogen and oxygen atoms in total. The second kappa shape index (κ2) is 10.6. The molecule has 0 aliphatic rings. The number of carbonyl (C=O) groups is 2. The molecule has 0 radical (unpaired) electrons. The van der Waals surface area contributed by atoms with E-state index in [9.17, 15) is 9.59 Å². The predicted molar refractivity (Wildman–Crippen MR) is 125 cm³/mol. The summed E-state index contributed by atoms with van der Waals surface area (Å²) in [6, 6.07) is 16.9. The Bertz CT molecular complexity index is 1130. The highest BCUT2D eigenvalue weighted by Crippen LogP contribution is 2.27. The number of ether oxygens (including phenoxy) is 1. The second-order valence-electron chi connectivity index (χ2n) is 6.94. The molecule has 0 aromatic heterocycles. The first-order valence-corrected chi connectivity index (χ1v) is 10.4. The van der Waals surface area contributed by atoms with Crippen molar-refractivity contribution in [3.05, 3.63) is 70.7 Å². The van der Waals surface area contributed by atoms with Gasteiger partial charge in [0.1, 0.15) is 5.75 Å². The zero-order valence-electron chi connectivity index (χ0n) is 17.4. The number of anilines is 1. The smallest absolute Gasteiger partial charge is 0.240 e. The second-order valence-corrected chi connectivity index (χ2v) is 7.34. The Morgan fingerprint density at radius 2 is 1.77 bits per heavy atom. The van der Waals surface area contributed by atoms with Crippen LogP contribution < -0.4 is 15.5 Å². The normalized spacial score (nSPS) is 10.9. The number of carbonyl (C=O) groups excluding carboxylic acids is 2. The third-order valence-corrected chi connectivity index (χ3v) is 5.05. The number of hydrogen-bond donors (Lipinski definition) is 2. The van der Waals surface area contributed by atoms with Gasteiger partial charge in [0.15, 0.2) is 0 Å². The first kappa shape index (κ1) is 22.3. The van der Waals surface area contributed by atoms with Gasteiger partial charge in [0, 0.05) is 34.5 Å². The molecule has 0 bridgehead atoms. The molecule has 2 N–H and O–H groups in total. The third kappa shape index (κ3) is 6.06. The number of fused-ring (bicyclic) bond motifs is 1. The summed E-state index contributed by atoms with van der Waals surface area (Å²) in [5.41, 5.74) is 4.85. The van der Waals surface area contributed by atoms with Crippen LogP contribution in [0.15, 0.2) is 59.7 Å². The zero-order chi connectivity index (χ0) is 22.2. The molecule has 0 aliphatic carbocycles. The standard InChI is InChI=1S/C24H24ClN3O3/c1-3-31-22-11-9-17(19-6-4-5-7-20(19)22)15-26-28-24(30)13-12-23(29)27-18-10-8-16(2)21(25)14-18/h4-11,14-15H,3,12-13H2,1-2H3,(H,27,29)(H,28,30). The van der Waals surface area contributed by atoms with E-state index < -0.39 is 0 Å². The Morgan fingerprint density at radius 1 is 1.03 bits per heavy atom. The number of aryl methyl sites for hydroxylation is 1. The van der Waals surface area contributed by atoms with Crippen molar-refractivity contribution in [2.75, 3.05) is 11.9 Å². The highest BCUT2D eigenvalue weighted by molar-refractivity contribution is 6.31. The minimum absolute atomic E-state index is 0.0206. The molecule has 0 saturated heterocycles. The Morgan fingerprint density at radius 3 is 2.52 bits per heavy atom. The number of halogens is 1. The lowest BCUT2D eigenvalue weighted by Crippen LogP contribution is -2.20. The minimum Gasteiger partial charge on any atom is -0.493 e. The van der Waals surface area contributed by atoms with Crippen LogP contribution in [-0.2, 0) is 9.59 Å². The molecular formula is C24H24ClN3O3.